The number of H-pyrrole nitrogens is 1. The van der Waals surface area contributed by atoms with Crippen LogP contribution in [-0.2, 0) is 22.5 Å². The molecule has 0 unspecified atom stereocenters. The summed E-state index contributed by atoms with van der Waals surface area (Å²) < 4.78 is 7.11. The number of nitrogens with one attached hydrogen (secondary N) is 2. The van der Waals surface area contributed by atoms with Gasteiger partial charge in [-0.05, 0) is 82.0 Å². The third-order valence-electron chi connectivity index (χ3n) is 5.95. The number of hydrogen-bond acceptors (Lipinski definition) is 4. The van der Waals surface area contributed by atoms with E-state index in [0.717, 1.165) is 46.1 Å². The Morgan fingerprint density at radius 3 is 2.57 bits per heavy atom. The number of carbonyl (C=O) groups excluding carboxylic acids is 2. The number of nitrogens with zero attached hydrogens (tertiary/aromatic N) is 1. The smallest absolute Gasteiger partial charge is 0.330 e. The van der Waals surface area contributed by atoms with Crippen LogP contribution in [0.2, 0.25) is 0 Å². The van der Waals surface area contributed by atoms with Gasteiger partial charge in [-0.3, -0.25) is 9.59 Å². The predicted octanol–water partition coefficient (Wildman–Crippen LogP) is 4.99. The number of ether oxygens (including phenoxy) is 1. The summed E-state index contributed by atoms with van der Waals surface area (Å²) in [5, 5.41) is 3.82. The number of rotatable bonds is 9. The Labute approximate surface area is 206 Å². The molecule has 0 aliphatic heterocycles. The largest absolute Gasteiger partial charge is 0.463 e. The highest BCUT2D eigenvalue weighted by Gasteiger charge is 2.19. The van der Waals surface area contributed by atoms with Crippen LogP contribution < -0.4 is 10.9 Å². The molecule has 0 aliphatic rings. The van der Waals surface area contributed by atoms with E-state index in [2.05, 4.69) is 35.6 Å². The van der Waals surface area contributed by atoms with Crippen molar-refractivity contribution in [2.45, 2.75) is 67.0 Å². The van der Waals surface area contributed by atoms with Gasteiger partial charge in [-0.15, -0.1) is 0 Å². The molecule has 0 spiro atoms. The molecule has 0 saturated heterocycles. The molecule has 0 bridgehead atoms. The molecule has 3 rings (SSSR count). The fourth-order valence-electron chi connectivity index (χ4n) is 4.40. The van der Waals surface area contributed by atoms with Crippen molar-refractivity contribution in [3.63, 3.8) is 0 Å². The van der Waals surface area contributed by atoms with E-state index >= 15 is 0 Å². The fraction of sp³-hybridized carbons (Fsp3) is 0.393. The Kier molecular flexibility index (Phi) is 8.33. The van der Waals surface area contributed by atoms with E-state index in [1.807, 2.05) is 32.2 Å². The molecule has 186 valence electrons. The topological polar surface area (TPSA) is 93.2 Å². The highest BCUT2D eigenvalue weighted by atomic mass is 16.5. The Hall–Kier alpha value is -3.61. The van der Waals surface area contributed by atoms with Gasteiger partial charge in [0.25, 0.3) is 11.5 Å². The quantitative estimate of drug-likeness (QED) is 0.336. The highest BCUT2D eigenvalue weighted by molar-refractivity contribution is 6.09. The van der Waals surface area contributed by atoms with Gasteiger partial charge >= 0.3 is 5.97 Å². The maximum absolute atomic E-state index is 13.5. The van der Waals surface area contributed by atoms with Gasteiger partial charge < -0.3 is 19.6 Å². The van der Waals surface area contributed by atoms with E-state index in [9.17, 15) is 14.4 Å². The van der Waals surface area contributed by atoms with Crippen molar-refractivity contribution in [1.82, 2.24) is 14.9 Å². The van der Waals surface area contributed by atoms with Crippen molar-refractivity contribution >= 4 is 28.9 Å². The first-order valence-corrected chi connectivity index (χ1v) is 12.2. The lowest BCUT2D eigenvalue weighted by Crippen LogP contribution is -2.28. The summed E-state index contributed by atoms with van der Waals surface area (Å²) in [6.07, 6.45) is 6.73. The number of aromatic amines is 1. The van der Waals surface area contributed by atoms with Crippen molar-refractivity contribution in [1.29, 1.82) is 0 Å². The number of aryl methyl sites for hydroxylation is 3. The van der Waals surface area contributed by atoms with Crippen molar-refractivity contribution in [2.24, 2.45) is 0 Å². The molecule has 0 aliphatic carbocycles. The van der Waals surface area contributed by atoms with Crippen molar-refractivity contribution in [3.8, 4) is 0 Å². The van der Waals surface area contributed by atoms with Gasteiger partial charge in [0.15, 0.2) is 0 Å². The number of carbonyl (C=O) groups is 2. The normalized spacial score (nSPS) is 11.5. The summed E-state index contributed by atoms with van der Waals surface area (Å²) in [7, 11) is 0. The van der Waals surface area contributed by atoms with Crippen LogP contribution >= 0.6 is 0 Å². The monoisotopic (exact) mass is 477 g/mol. The van der Waals surface area contributed by atoms with Crippen LogP contribution in [0.15, 0.2) is 35.3 Å². The Morgan fingerprint density at radius 2 is 1.91 bits per heavy atom. The number of pyridine rings is 1. The average molecular weight is 478 g/mol. The average Bonchev–Trinajstić information content (AvgIpc) is 3.13. The first-order valence-electron chi connectivity index (χ1n) is 12.2. The number of aromatic nitrogens is 2. The van der Waals surface area contributed by atoms with Gasteiger partial charge in [0.1, 0.15) is 0 Å². The summed E-state index contributed by atoms with van der Waals surface area (Å²) >= 11 is 0. The minimum absolute atomic E-state index is 0.137. The predicted molar refractivity (Wildman–Crippen MR) is 140 cm³/mol. The van der Waals surface area contributed by atoms with Gasteiger partial charge in [-0.25, -0.2) is 4.79 Å². The van der Waals surface area contributed by atoms with Gasteiger partial charge in [0.2, 0.25) is 0 Å². The second kappa shape index (κ2) is 11.2. The van der Waals surface area contributed by atoms with E-state index in [4.69, 9.17) is 4.74 Å². The SMILES string of the molecule is CCCc1cc(C)[nH]c(=O)c1CNC(=O)c1cc(C=CC(=O)OCC)cc2c1c(C)cn2C(C)C. The molecule has 2 heterocycles. The summed E-state index contributed by atoms with van der Waals surface area (Å²) in [6, 6.07) is 5.91. The number of hydrogen-bond donors (Lipinski definition) is 2. The second-order valence-electron chi connectivity index (χ2n) is 9.08. The lowest BCUT2D eigenvalue weighted by atomic mass is 10.0. The molecule has 3 aromatic rings. The summed E-state index contributed by atoms with van der Waals surface area (Å²) in [5.74, 6) is -0.704. The Bertz CT molecular complexity index is 1330. The standard InChI is InChI=1S/C28H35N3O4/c1-7-9-21-12-19(6)30-28(34)23(21)15-29-27(33)22-13-20(10-11-25(32)35-8-2)14-24-26(22)18(5)16-31(24)17(3)4/h10-14,16-17H,7-9,15H2,1-6H3,(H,29,33)(H,30,34). The Balaban J connectivity index is 2.03. The molecule has 7 heteroatoms. The third kappa shape index (κ3) is 5.91. The molecule has 0 atom stereocenters. The zero-order valence-electron chi connectivity index (χ0n) is 21.5. The summed E-state index contributed by atoms with van der Waals surface area (Å²) in [4.78, 5) is 40.8. The molecular formula is C28H35N3O4. The minimum Gasteiger partial charge on any atom is -0.463 e. The Morgan fingerprint density at radius 1 is 1.17 bits per heavy atom. The van der Waals surface area contributed by atoms with Crippen LogP contribution in [0.5, 0.6) is 0 Å². The molecule has 35 heavy (non-hydrogen) atoms. The van der Waals surface area contributed by atoms with Gasteiger partial charge in [-0.1, -0.05) is 13.3 Å². The summed E-state index contributed by atoms with van der Waals surface area (Å²) in [6.45, 7) is 12.3. The molecule has 0 radical (unpaired) electrons. The fourth-order valence-corrected chi connectivity index (χ4v) is 4.40. The zero-order chi connectivity index (χ0) is 25.7. The van der Waals surface area contributed by atoms with Crippen molar-refractivity contribution < 1.29 is 14.3 Å². The molecule has 2 N–H and O–H groups in total. The summed E-state index contributed by atoms with van der Waals surface area (Å²) in [5.41, 5.74) is 5.28. The van der Waals surface area contributed by atoms with Gasteiger partial charge in [0.05, 0.1) is 6.61 Å². The lowest BCUT2D eigenvalue weighted by Gasteiger charge is -2.13. The molecule has 1 aromatic carbocycles. The van der Waals surface area contributed by atoms with E-state index < -0.39 is 5.97 Å². The molecular weight excluding hydrogens is 442 g/mol. The number of amides is 1. The molecule has 0 fully saturated rings. The number of benzene rings is 1. The maximum Gasteiger partial charge on any atom is 0.330 e. The van der Waals surface area contributed by atoms with Crippen molar-refractivity contribution in [2.75, 3.05) is 6.61 Å². The first-order chi connectivity index (χ1) is 16.7. The maximum atomic E-state index is 13.5. The second-order valence-corrected chi connectivity index (χ2v) is 9.08. The minimum atomic E-state index is -0.434. The van der Waals surface area contributed by atoms with Crippen LogP contribution in [0.4, 0.5) is 0 Å². The molecule has 7 nitrogen and oxygen atoms in total. The van der Waals surface area contributed by atoms with Crippen LogP contribution in [0.25, 0.3) is 17.0 Å². The highest BCUT2D eigenvalue weighted by Crippen LogP contribution is 2.29. The lowest BCUT2D eigenvalue weighted by molar-refractivity contribution is -0.137. The number of fused-ring (bicyclic) bond motifs is 1. The van der Waals surface area contributed by atoms with Crippen LogP contribution in [0, 0.1) is 13.8 Å². The molecule has 2 aromatic heterocycles. The van der Waals surface area contributed by atoms with E-state index in [1.165, 1.54) is 6.08 Å². The van der Waals surface area contributed by atoms with Crippen molar-refractivity contribution in [3.05, 3.63) is 74.3 Å². The van der Waals surface area contributed by atoms with Crippen LogP contribution in [-0.4, -0.2) is 28.0 Å². The van der Waals surface area contributed by atoms with E-state index in [-0.39, 0.29) is 24.1 Å². The number of esters is 1. The zero-order valence-corrected chi connectivity index (χ0v) is 21.5. The van der Waals surface area contributed by atoms with Gasteiger partial charge in [0, 0.05) is 52.6 Å². The molecule has 1 amide bonds. The van der Waals surface area contributed by atoms with Gasteiger partial charge in [-0.2, -0.15) is 0 Å². The van der Waals surface area contributed by atoms with Crippen LogP contribution in [0.1, 0.15) is 78.5 Å². The van der Waals surface area contributed by atoms with E-state index in [1.54, 1.807) is 19.1 Å². The van der Waals surface area contributed by atoms with Crippen LogP contribution in [0.3, 0.4) is 0 Å². The molecule has 0 saturated carbocycles. The first kappa shape index (κ1) is 26.0. The third-order valence-corrected chi connectivity index (χ3v) is 5.95. The van der Waals surface area contributed by atoms with E-state index in [0.29, 0.717) is 17.7 Å².